The van der Waals surface area contributed by atoms with Crippen molar-refractivity contribution in [1.29, 1.82) is 0 Å². The molecule has 0 aliphatic rings. The molecule has 7 heteroatoms. The molecule has 0 bridgehead atoms. The van der Waals surface area contributed by atoms with Gasteiger partial charge in [-0.2, -0.15) is 13.2 Å². The number of anilines is 1. The van der Waals surface area contributed by atoms with E-state index >= 15 is 0 Å². The van der Waals surface area contributed by atoms with Crippen molar-refractivity contribution < 1.29 is 17.6 Å². The second kappa shape index (κ2) is 6.74. The third-order valence-electron chi connectivity index (χ3n) is 2.79. The maximum atomic E-state index is 13.0. The Morgan fingerprint density at radius 3 is 2.45 bits per heavy atom. The Balaban J connectivity index is 1.95. The smallest absolute Gasteiger partial charge is 0.358 e. The van der Waals surface area contributed by atoms with Crippen LogP contribution in [0.5, 0.6) is 0 Å². The van der Waals surface area contributed by atoms with Gasteiger partial charge in [0.05, 0.1) is 5.56 Å². The van der Waals surface area contributed by atoms with Crippen LogP contribution in [0.1, 0.15) is 11.1 Å². The summed E-state index contributed by atoms with van der Waals surface area (Å²) >= 11 is 5.01. The third-order valence-corrected chi connectivity index (χ3v) is 3.04. The van der Waals surface area contributed by atoms with Crippen LogP contribution in [0.3, 0.4) is 0 Å². The average molecular weight is 328 g/mol. The Morgan fingerprint density at radius 2 is 1.77 bits per heavy atom. The van der Waals surface area contributed by atoms with Gasteiger partial charge in [-0.25, -0.2) is 4.39 Å². The number of benzene rings is 2. The van der Waals surface area contributed by atoms with Crippen molar-refractivity contribution in [1.82, 2.24) is 5.32 Å². The Kier molecular flexibility index (Phi) is 4.97. The SMILES string of the molecule is Fc1cccc(CNC(=S)Nc2cccc(C(F)(F)F)c2)c1. The first kappa shape index (κ1) is 16.2. The van der Waals surface area contributed by atoms with Gasteiger partial charge in [0.25, 0.3) is 0 Å². The summed E-state index contributed by atoms with van der Waals surface area (Å²) in [5.74, 6) is -0.365. The molecule has 0 amide bonds. The van der Waals surface area contributed by atoms with Gasteiger partial charge in [0.15, 0.2) is 5.11 Å². The Morgan fingerprint density at radius 1 is 1.05 bits per heavy atom. The van der Waals surface area contributed by atoms with Crippen LogP contribution in [0.25, 0.3) is 0 Å². The molecule has 2 aromatic carbocycles. The number of halogens is 4. The number of alkyl halides is 3. The van der Waals surface area contributed by atoms with E-state index in [0.717, 1.165) is 12.1 Å². The van der Waals surface area contributed by atoms with Gasteiger partial charge in [0.1, 0.15) is 5.82 Å². The van der Waals surface area contributed by atoms with Crippen LogP contribution in [0, 0.1) is 5.82 Å². The van der Waals surface area contributed by atoms with Gasteiger partial charge in [-0.15, -0.1) is 0 Å². The molecular weight excluding hydrogens is 316 g/mol. The molecule has 0 atom stereocenters. The van der Waals surface area contributed by atoms with Gasteiger partial charge >= 0.3 is 6.18 Å². The van der Waals surface area contributed by atoms with Crippen LogP contribution in [0.4, 0.5) is 23.2 Å². The third kappa shape index (κ3) is 4.70. The minimum atomic E-state index is -4.41. The van der Waals surface area contributed by atoms with Crippen molar-refractivity contribution in [2.45, 2.75) is 12.7 Å². The predicted octanol–water partition coefficient (Wildman–Crippen LogP) is 4.33. The summed E-state index contributed by atoms with van der Waals surface area (Å²) < 4.78 is 50.8. The number of thiocarbonyl (C=S) groups is 1. The van der Waals surface area contributed by atoms with E-state index in [1.807, 2.05) is 0 Å². The van der Waals surface area contributed by atoms with E-state index in [9.17, 15) is 17.6 Å². The van der Waals surface area contributed by atoms with Gasteiger partial charge in [0.2, 0.25) is 0 Å². The monoisotopic (exact) mass is 328 g/mol. The molecule has 0 aromatic heterocycles. The molecule has 0 radical (unpaired) electrons. The average Bonchev–Trinajstić information content (AvgIpc) is 2.45. The first-order valence-corrected chi connectivity index (χ1v) is 6.72. The van der Waals surface area contributed by atoms with E-state index in [1.54, 1.807) is 12.1 Å². The topological polar surface area (TPSA) is 24.1 Å². The summed E-state index contributed by atoms with van der Waals surface area (Å²) in [7, 11) is 0. The fourth-order valence-electron chi connectivity index (χ4n) is 1.78. The second-order valence-electron chi connectivity index (χ2n) is 4.52. The van der Waals surface area contributed by atoms with E-state index < -0.39 is 11.7 Å². The summed E-state index contributed by atoms with van der Waals surface area (Å²) in [6.45, 7) is 0.266. The highest BCUT2D eigenvalue weighted by molar-refractivity contribution is 7.80. The van der Waals surface area contributed by atoms with Crippen molar-refractivity contribution >= 4 is 23.0 Å². The van der Waals surface area contributed by atoms with Crippen molar-refractivity contribution in [2.24, 2.45) is 0 Å². The van der Waals surface area contributed by atoms with E-state index in [0.29, 0.717) is 5.56 Å². The van der Waals surface area contributed by atoms with Crippen LogP contribution in [0.15, 0.2) is 48.5 Å². The summed E-state index contributed by atoms with van der Waals surface area (Å²) in [4.78, 5) is 0. The van der Waals surface area contributed by atoms with Gasteiger partial charge < -0.3 is 10.6 Å². The van der Waals surface area contributed by atoms with Crippen molar-refractivity contribution in [3.05, 3.63) is 65.5 Å². The fraction of sp³-hybridized carbons (Fsp3) is 0.133. The molecule has 0 spiro atoms. The molecule has 2 rings (SSSR count). The molecule has 116 valence electrons. The quantitative estimate of drug-likeness (QED) is 0.648. The lowest BCUT2D eigenvalue weighted by molar-refractivity contribution is -0.137. The zero-order valence-corrected chi connectivity index (χ0v) is 12.1. The molecule has 2 nitrogen and oxygen atoms in total. The van der Waals surface area contributed by atoms with Crippen LogP contribution >= 0.6 is 12.2 Å². The zero-order chi connectivity index (χ0) is 16.2. The molecule has 2 N–H and O–H groups in total. The first-order valence-electron chi connectivity index (χ1n) is 6.31. The van der Waals surface area contributed by atoms with Crippen molar-refractivity contribution in [2.75, 3.05) is 5.32 Å². The van der Waals surface area contributed by atoms with E-state index in [2.05, 4.69) is 10.6 Å². The minimum absolute atomic E-state index is 0.156. The predicted molar refractivity (Wildman–Crippen MR) is 80.9 cm³/mol. The lowest BCUT2D eigenvalue weighted by atomic mass is 10.2. The van der Waals surface area contributed by atoms with Gasteiger partial charge in [-0.1, -0.05) is 18.2 Å². The Labute approximate surface area is 130 Å². The highest BCUT2D eigenvalue weighted by atomic mass is 32.1. The van der Waals surface area contributed by atoms with Gasteiger partial charge in [-0.3, -0.25) is 0 Å². The van der Waals surface area contributed by atoms with Gasteiger partial charge in [0, 0.05) is 12.2 Å². The van der Waals surface area contributed by atoms with E-state index in [-0.39, 0.29) is 23.2 Å². The highest BCUT2D eigenvalue weighted by Crippen LogP contribution is 2.30. The lowest BCUT2D eigenvalue weighted by Crippen LogP contribution is -2.28. The number of hydrogen-bond acceptors (Lipinski definition) is 1. The maximum Gasteiger partial charge on any atom is 0.416 e. The molecule has 0 aliphatic heterocycles. The Bertz CT molecular complexity index is 671. The number of nitrogens with one attached hydrogen (secondary N) is 2. The summed E-state index contributed by atoms with van der Waals surface area (Å²) in [5, 5.41) is 5.63. The van der Waals surface area contributed by atoms with Crippen LogP contribution in [0.2, 0.25) is 0 Å². The van der Waals surface area contributed by atoms with Crippen LogP contribution in [-0.4, -0.2) is 5.11 Å². The standard InChI is InChI=1S/C15H12F4N2S/c16-12-5-1-3-10(7-12)9-20-14(22)21-13-6-2-4-11(8-13)15(17,18)19/h1-8H,9H2,(H2,20,21,22). The maximum absolute atomic E-state index is 13.0. The van der Waals surface area contributed by atoms with Crippen LogP contribution in [-0.2, 0) is 12.7 Å². The van der Waals surface area contributed by atoms with E-state index in [1.165, 1.54) is 24.3 Å². The zero-order valence-electron chi connectivity index (χ0n) is 11.2. The largest absolute Gasteiger partial charge is 0.416 e. The summed E-state index contributed by atoms with van der Waals surface area (Å²) in [6.07, 6.45) is -4.41. The number of hydrogen-bond donors (Lipinski definition) is 2. The molecule has 0 saturated carbocycles. The Hall–Kier alpha value is -2.15. The first-order chi connectivity index (χ1) is 10.3. The van der Waals surface area contributed by atoms with Crippen molar-refractivity contribution in [3.63, 3.8) is 0 Å². The molecule has 22 heavy (non-hydrogen) atoms. The number of rotatable bonds is 3. The normalized spacial score (nSPS) is 11.1. The molecule has 0 fully saturated rings. The molecule has 2 aromatic rings. The summed E-state index contributed by atoms with van der Waals surface area (Å²) in [6, 6.07) is 10.7. The molecule has 0 unspecified atom stereocenters. The highest BCUT2D eigenvalue weighted by Gasteiger charge is 2.30. The van der Waals surface area contributed by atoms with E-state index in [4.69, 9.17) is 12.2 Å². The lowest BCUT2D eigenvalue weighted by Gasteiger charge is -2.12. The van der Waals surface area contributed by atoms with Crippen LogP contribution < -0.4 is 10.6 Å². The molecule has 0 aliphatic carbocycles. The second-order valence-corrected chi connectivity index (χ2v) is 4.92. The summed E-state index contributed by atoms with van der Waals surface area (Å²) in [5.41, 5.74) is 0.144. The molecule has 0 saturated heterocycles. The molecular formula is C15H12F4N2S. The molecule has 0 heterocycles. The fourth-order valence-corrected chi connectivity index (χ4v) is 1.97. The van der Waals surface area contributed by atoms with Crippen molar-refractivity contribution in [3.8, 4) is 0 Å². The minimum Gasteiger partial charge on any atom is -0.358 e. The van der Waals surface area contributed by atoms with Gasteiger partial charge in [-0.05, 0) is 48.1 Å².